The molecule has 0 rings (SSSR count). The van der Waals surface area contributed by atoms with Crippen molar-refractivity contribution in [2.75, 3.05) is 165 Å². The fourth-order valence-corrected chi connectivity index (χ4v) is 5.49. The molecule has 0 aliphatic carbocycles. The molecule has 0 aliphatic heterocycles. The summed E-state index contributed by atoms with van der Waals surface area (Å²) in [6.07, 6.45) is 22.4. The molecule has 0 radical (unpaired) electrons. The second-order valence-electron chi connectivity index (χ2n) is 13.8. The predicted octanol–water partition coefficient (Wildman–Crippen LogP) is 4.99. The van der Waals surface area contributed by atoms with Gasteiger partial charge >= 0.3 is 0 Å². The van der Waals surface area contributed by atoms with E-state index in [1.807, 2.05) is 0 Å². The molecule has 0 amide bonds. The van der Waals surface area contributed by atoms with Crippen molar-refractivity contribution in [1.29, 1.82) is 0 Å². The van der Waals surface area contributed by atoms with Gasteiger partial charge in [-0.25, -0.2) is 0 Å². The largest absolute Gasteiger partial charge is 0.378 e. The van der Waals surface area contributed by atoms with E-state index in [9.17, 15) is 0 Å². The average Bonchev–Trinajstić information content (AvgIpc) is 3.22. The van der Waals surface area contributed by atoms with Crippen LogP contribution in [0, 0.1) is 0 Å². The van der Waals surface area contributed by atoms with Crippen LogP contribution in [0.4, 0.5) is 0 Å². The highest BCUT2D eigenvalue weighted by Gasteiger charge is 1.98. The Morgan fingerprint density at radius 1 is 0.246 bits per heavy atom. The van der Waals surface area contributed by atoms with E-state index in [1.165, 1.54) is 103 Å². The van der Waals surface area contributed by atoms with Crippen LogP contribution in [0.1, 0.15) is 110 Å². The van der Waals surface area contributed by atoms with E-state index in [-0.39, 0.29) is 0 Å². The topological polar surface area (TPSA) is 164 Å². The monoisotopic (exact) mass is 827 g/mol. The summed E-state index contributed by atoms with van der Waals surface area (Å²) in [5.74, 6) is 5.15. The summed E-state index contributed by atoms with van der Waals surface area (Å²) in [4.78, 5) is 0. The second kappa shape index (κ2) is 55.4. The van der Waals surface area contributed by atoms with Crippen molar-refractivity contribution in [2.24, 2.45) is 5.84 Å². The first-order valence-corrected chi connectivity index (χ1v) is 22.7. The fourth-order valence-electron chi connectivity index (χ4n) is 5.49. The highest BCUT2D eigenvalue weighted by molar-refractivity contribution is 4.51. The molecule has 0 atom stereocenters. The lowest BCUT2D eigenvalue weighted by atomic mass is 10.0. The molecule has 15 heteroatoms. The van der Waals surface area contributed by atoms with Gasteiger partial charge in [0, 0.05) is 19.6 Å². The van der Waals surface area contributed by atoms with Gasteiger partial charge in [-0.05, 0) is 6.42 Å². The SMILES string of the molecule is CCCCCCCCCCCCCCCCCCNNCCOCCOCCOCCOCCOCCOCCOCCOCCOCCOCCOCCNN. The van der Waals surface area contributed by atoms with Crippen molar-refractivity contribution in [3.8, 4) is 0 Å². The minimum absolute atomic E-state index is 0.515. The zero-order valence-corrected chi connectivity index (χ0v) is 36.6. The van der Waals surface area contributed by atoms with E-state index in [4.69, 9.17) is 57.9 Å². The third-order valence-electron chi connectivity index (χ3n) is 8.76. The molecular weight excluding hydrogens is 736 g/mol. The van der Waals surface area contributed by atoms with Gasteiger partial charge in [-0.2, -0.15) is 0 Å². The van der Waals surface area contributed by atoms with Crippen LogP contribution < -0.4 is 22.1 Å². The number of ether oxygens (including phenoxy) is 11. The number of nitrogens with one attached hydrogen (secondary N) is 3. The van der Waals surface area contributed by atoms with Crippen molar-refractivity contribution < 1.29 is 52.1 Å². The van der Waals surface area contributed by atoms with Crippen molar-refractivity contribution in [2.45, 2.75) is 110 Å². The molecule has 0 aromatic rings. The zero-order valence-electron chi connectivity index (χ0n) is 36.6. The van der Waals surface area contributed by atoms with Crippen LogP contribution in [0.15, 0.2) is 0 Å². The summed E-state index contributed by atoms with van der Waals surface area (Å²) < 4.78 is 60.3. The maximum Gasteiger partial charge on any atom is 0.0701 e. The van der Waals surface area contributed by atoms with Crippen LogP contribution in [0.5, 0.6) is 0 Å². The Labute approximate surface area is 348 Å². The van der Waals surface area contributed by atoms with Crippen LogP contribution in [-0.4, -0.2) is 165 Å². The van der Waals surface area contributed by atoms with Gasteiger partial charge in [-0.15, -0.1) is 0 Å². The zero-order chi connectivity index (χ0) is 40.9. The molecule has 0 saturated carbocycles. The first-order chi connectivity index (χ1) is 28.4. The summed E-state index contributed by atoms with van der Waals surface area (Å²) in [6, 6.07) is 0. The van der Waals surface area contributed by atoms with E-state index in [0.717, 1.165) is 13.1 Å². The first-order valence-electron chi connectivity index (χ1n) is 22.7. The van der Waals surface area contributed by atoms with Gasteiger partial charge in [0.15, 0.2) is 0 Å². The molecule has 0 unspecified atom stereocenters. The Bertz CT molecular complexity index is 642. The maximum absolute atomic E-state index is 5.61. The highest BCUT2D eigenvalue weighted by atomic mass is 16.6. The summed E-state index contributed by atoms with van der Waals surface area (Å²) in [7, 11) is 0. The van der Waals surface area contributed by atoms with Gasteiger partial charge in [0.1, 0.15) is 0 Å². The number of hydrazine groups is 2. The van der Waals surface area contributed by atoms with Crippen LogP contribution in [0.3, 0.4) is 0 Å². The molecule has 0 aliphatic rings. The van der Waals surface area contributed by atoms with Crippen molar-refractivity contribution in [1.82, 2.24) is 16.3 Å². The van der Waals surface area contributed by atoms with Crippen molar-refractivity contribution in [3.05, 3.63) is 0 Å². The molecule has 0 bridgehead atoms. The maximum atomic E-state index is 5.61. The quantitative estimate of drug-likeness (QED) is 0.0369. The predicted molar refractivity (Wildman–Crippen MR) is 227 cm³/mol. The van der Waals surface area contributed by atoms with Gasteiger partial charge in [0.05, 0.1) is 145 Å². The van der Waals surface area contributed by atoms with E-state index in [2.05, 4.69) is 23.2 Å². The molecule has 5 N–H and O–H groups in total. The van der Waals surface area contributed by atoms with Crippen LogP contribution in [-0.2, 0) is 52.1 Å². The van der Waals surface area contributed by atoms with E-state index in [1.54, 1.807) is 0 Å². The molecule has 57 heavy (non-hydrogen) atoms. The summed E-state index contributed by atoms with van der Waals surface area (Å²) >= 11 is 0. The Kier molecular flexibility index (Phi) is 54.8. The normalized spacial score (nSPS) is 11.7. The third kappa shape index (κ3) is 55.4. The molecule has 0 heterocycles. The van der Waals surface area contributed by atoms with Crippen LogP contribution in [0.2, 0.25) is 0 Å². The van der Waals surface area contributed by atoms with E-state index in [0.29, 0.717) is 152 Å². The lowest BCUT2D eigenvalue weighted by Crippen LogP contribution is -2.35. The fraction of sp³-hybridized carbons (Fsp3) is 1.00. The Morgan fingerprint density at radius 2 is 0.456 bits per heavy atom. The standard InChI is InChI=1S/C42H90N4O11/c1-2-3-4-5-6-7-8-9-10-11-12-13-14-15-16-17-18-45-46-20-22-48-24-26-50-28-30-52-32-34-54-36-38-56-40-42-57-41-39-55-37-35-53-33-31-51-29-27-49-25-23-47-21-19-44-43/h44-46H,2-43H2,1H3. The van der Waals surface area contributed by atoms with E-state index >= 15 is 0 Å². The van der Waals surface area contributed by atoms with Gasteiger partial charge < -0.3 is 52.1 Å². The molecule has 0 saturated heterocycles. The minimum Gasteiger partial charge on any atom is -0.378 e. The number of hydrogen-bond acceptors (Lipinski definition) is 15. The van der Waals surface area contributed by atoms with E-state index < -0.39 is 0 Å². The van der Waals surface area contributed by atoms with Gasteiger partial charge in [0.25, 0.3) is 0 Å². The Morgan fingerprint density at radius 3 is 0.719 bits per heavy atom. The lowest BCUT2D eigenvalue weighted by Gasteiger charge is -2.09. The molecule has 15 nitrogen and oxygen atoms in total. The molecule has 0 aromatic carbocycles. The molecule has 0 spiro atoms. The molecule has 0 fully saturated rings. The Balaban J connectivity index is 3.05. The number of rotatable bonds is 54. The number of unbranched alkanes of at least 4 members (excludes halogenated alkanes) is 15. The average molecular weight is 827 g/mol. The van der Waals surface area contributed by atoms with Gasteiger partial charge in [0.2, 0.25) is 0 Å². The van der Waals surface area contributed by atoms with Crippen molar-refractivity contribution in [3.63, 3.8) is 0 Å². The number of nitrogens with two attached hydrogens (primary N) is 1. The lowest BCUT2D eigenvalue weighted by molar-refractivity contribution is -0.0274. The first kappa shape index (κ1) is 56.4. The summed E-state index contributed by atoms with van der Waals surface area (Å²) in [5.41, 5.74) is 9.06. The Hall–Kier alpha value is -0.600. The smallest absolute Gasteiger partial charge is 0.0701 e. The van der Waals surface area contributed by atoms with Gasteiger partial charge in [-0.3, -0.25) is 22.1 Å². The van der Waals surface area contributed by atoms with Crippen LogP contribution in [0.25, 0.3) is 0 Å². The summed E-state index contributed by atoms with van der Waals surface area (Å²) in [6.45, 7) is 16.5. The molecular formula is C42H90N4O11. The number of hydrogen-bond donors (Lipinski definition) is 4. The van der Waals surface area contributed by atoms with Gasteiger partial charge in [-0.1, -0.05) is 103 Å². The highest BCUT2D eigenvalue weighted by Crippen LogP contribution is 2.13. The third-order valence-corrected chi connectivity index (χ3v) is 8.76. The molecule has 344 valence electrons. The minimum atomic E-state index is 0.515. The molecule has 0 aromatic heterocycles. The van der Waals surface area contributed by atoms with Crippen LogP contribution >= 0.6 is 0 Å². The second-order valence-corrected chi connectivity index (χ2v) is 13.8. The van der Waals surface area contributed by atoms with Crippen molar-refractivity contribution >= 4 is 0 Å². The summed E-state index contributed by atoms with van der Waals surface area (Å²) in [5, 5.41) is 0.